The first-order valence-corrected chi connectivity index (χ1v) is 5.44. The van der Waals surface area contributed by atoms with Gasteiger partial charge in [0.2, 0.25) is 0 Å². The highest BCUT2D eigenvalue weighted by molar-refractivity contribution is 5.32. The molecule has 0 amide bonds. The minimum absolute atomic E-state index is 0.677. The van der Waals surface area contributed by atoms with Crippen LogP contribution in [0.2, 0.25) is 0 Å². The molecule has 0 saturated carbocycles. The molecule has 1 saturated heterocycles. The highest BCUT2D eigenvalue weighted by atomic mass is 15.2. The highest BCUT2D eigenvalue weighted by Gasteiger charge is 2.31. The molecule has 15 heavy (non-hydrogen) atoms. The summed E-state index contributed by atoms with van der Waals surface area (Å²) in [6.07, 6.45) is 0. The number of hydrogen-bond acceptors (Lipinski definition) is 2. The Morgan fingerprint density at radius 1 is 1.47 bits per heavy atom. The Bertz CT molecular complexity index is 392. The topological polar surface area (TPSA) is 27.0 Å². The lowest BCUT2D eigenvalue weighted by molar-refractivity contribution is 0.0306. The van der Waals surface area contributed by atoms with E-state index in [4.69, 9.17) is 5.26 Å². The zero-order valence-electron chi connectivity index (χ0n) is 9.27. The number of nitriles is 1. The van der Waals surface area contributed by atoms with Crippen LogP contribution in [-0.2, 0) is 6.54 Å². The average Bonchev–Trinajstić information content (AvgIpc) is 2.28. The second-order valence-electron chi connectivity index (χ2n) is 4.46. The minimum Gasteiger partial charge on any atom is -0.296 e. The zero-order valence-corrected chi connectivity index (χ0v) is 9.27. The minimum atomic E-state index is 0.677. The summed E-state index contributed by atoms with van der Waals surface area (Å²) < 4.78 is 0. The molecule has 0 radical (unpaired) electrons. The predicted molar refractivity (Wildman–Crippen MR) is 60.2 cm³/mol. The van der Waals surface area contributed by atoms with Crippen LogP contribution in [0.3, 0.4) is 0 Å². The summed E-state index contributed by atoms with van der Waals surface area (Å²) in [6, 6.07) is 10.7. The molecule has 2 atom stereocenters. The van der Waals surface area contributed by atoms with Crippen LogP contribution >= 0.6 is 0 Å². The van der Waals surface area contributed by atoms with E-state index in [1.54, 1.807) is 0 Å². The van der Waals surface area contributed by atoms with Crippen LogP contribution in [0.1, 0.15) is 25.0 Å². The number of rotatable bonds is 2. The van der Waals surface area contributed by atoms with Crippen molar-refractivity contribution >= 4 is 0 Å². The maximum absolute atomic E-state index is 8.80. The van der Waals surface area contributed by atoms with Gasteiger partial charge in [0.25, 0.3) is 0 Å². The van der Waals surface area contributed by atoms with Crippen LogP contribution in [0.5, 0.6) is 0 Å². The van der Waals surface area contributed by atoms with Crippen molar-refractivity contribution in [2.24, 2.45) is 5.92 Å². The van der Waals surface area contributed by atoms with Gasteiger partial charge in [-0.05, 0) is 30.5 Å². The second kappa shape index (κ2) is 4.04. The van der Waals surface area contributed by atoms with E-state index in [9.17, 15) is 0 Å². The molecule has 78 valence electrons. The van der Waals surface area contributed by atoms with Gasteiger partial charge in [-0.15, -0.1) is 0 Å². The number of likely N-dealkylation sites (tertiary alicyclic amines) is 1. The van der Waals surface area contributed by atoms with Gasteiger partial charge in [0, 0.05) is 19.1 Å². The first-order chi connectivity index (χ1) is 7.20. The Morgan fingerprint density at radius 3 is 2.87 bits per heavy atom. The van der Waals surface area contributed by atoms with Crippen molar-refractivity contribution in [2.45, 2.75) is 26.4 Å². The SMILES string of the molecule is CC1CN(Cc2cccc(C#N)c2)C1C. The predicted octanol–water partition coefficient (Wildman–Crippen LogP) is 2.40. The molecule has 1 heterocycles. The fraction of sp³-hybridized carbons (Fsp3) is 0.462. The third kappa shape index (κ3) is 2.03. The van der Waals surface area contributed by atoms with Gasteiger partial charge in [0.05, 0.1) is 11.6 Å². The summed E-state index contributed by atoms with van der Waals surface area (Å²) in [5.41, 5.74) is 2.00. The van der Waals surface area contributed by atoms with E-state index in [-0.39, 0.29) is 0 Å². The summed E-state index contributed by atoms with van der Waals surface area (Å²) in [6.45, 7) is 6.70. The molecule has 0 spiro atoms. The second-order valence-corrected chi connectivity index (χ2v) is 4.46. The van der Waals surface area contributed by atoms with Crippen molar-refractivity contribution in [1.82, 2.24) is 4.90 Å². The molecular weight excluding hydrogens is 184 g/mol. The highest BCUT2D eigenvalue weighted by Crippen LogP contribution is 2.25. The van der Waals surface area contributed by atoms with E-state index in [1.807, 2.05) is 18.2 Å². The summed E-state index contributed by atoms with van der Waals surface area (Å²) in [4.78, 5) is 2.45. The van der Waals surface area contributed by atoms with Gasteiger partial charge in [0.15, 0.2) is 0 Å². The fourth-order valence-electron chi connectivity index (χ4n) is 2.09. The van der Waals surface area contributed by atoms with E-state index < -0.39 is 0 Å². The van der Waals surface area contributed by atoms with Gasteiger partial charge in [-0.1, -0.05) is 19.1 Å². The van der Waals surface area contributed by atoms with E-state index >= 15 is 0 Å². The van der Waals surface area contributed by atoms with Crippen molar-refractivity contribution in [3.8, 4) is 6.07 Å². The molecule has 1 aromatic carbocycles. The lowest BCUT2D eigenvalue weighted by Crippen LogP contribution is -2.52. The molecule has 2 nitrogen and oxygen atoms in total. The first-order valence-electron chi connectivity index (χ1n) is 5.44. The third-order valence-electron chi connectivity index (χ3n) is 3.36. The monoisotopic (exact) mass is 200 g/mol. The Morgan fingerprint density at radius 2 is 2.27 bits per heavy atom. The van der Waals surface area contributed by atoms with E-state index in [1.165, 1.54) is 12.1 Å². The third-order valence-corrected chi connectivity index (χ3v) is 3.36. The molecule has 0 aromatic heterocycles. The molecule has 1 fully saturated rings. The number of benzene rings is 1. The van der Waals surface area contributed by atoms with E-state index in [0.717, 1.165) is 18.0 Å². The molecule has 2 heteroatoms. The number of hydrogen-bond donors (Lipinski definition) is 0. The molecule has 1 aliphatic heterocycles. The summed E-state index contributed by atoms with van der Waals surface area (Å²) >= 11 is 0. The Balaban J connectivity index is 2.03. The van der Waals surface area contributed by atoms with Crippen molar-refractivity contribution in [1.29, 1.82) is 5.26 Å². The van der Waals surface area contributed by atoms with Crippen molar-refractivity contribution in [3.05, 3.63) is 35.4 Å². The van der Waals surface area contributed by atoms with Gasteiger partial charge < -0.3 is 0 Å². The smallest absolute Gasteiger partial charge is 0.0991 e. The zero-order chi connectivity index (χ0) is 10.8. The Labute approximate surface area is 91.1 Å². The van der Waals surface area contributed by atoms with Crippen molar-refractivity contribution in [3.63, 3.8) is 0 Å². The van der Waals surface area contributed by atoms with Crippen molar-refractivity contribution in [2.75, 3.05) is 6.54 Å². The van der Waals surface area contributed by atoms with Gasteiger partial charge in [-0.3, -0.25) is 4.90 Å². The van der Waals surface area contributed by atoms with Crippen LogP contribution in [-0.4, -0.2) is 17.5 Å². The number of nitrogens with zero attached hydrogens (tertiary/aromatic N) is 2. The standard InChI is InChI=1S/C13H16N2/c1-10-8-15(11(10)2)9-13-5-3-4-12(6-13)7-14/h3-6,10-11H,8-9H2,1-2H3. The van der Waals surface area contributed by atoms with Gasteiger partial charge >= 0.3 is 0 Å². The molecule has 2 rings (SSSR count). The largest absolute Gasteiger partial charge is 0.296 e. The van der Waals surface area contributed by atoms with Crippen LogP contribution < -0.4 is 0 Å². The normalized spacial score (nSPS) is 25.7. The summed E-state index contributed by atoms with van der Waals surface area (Å²) in [7, 11) is 0. The fourth-order valence-corrected chi connectivity index (χ4v) is 2.09. The molecule has 0 aliphatic carbocycles. The van der Waals surface area contributed by atoms with E-state index in [0.29, 0.717) is 6.04 Å². The van der Waals surface area contributed by atoms with Gasteiger partial charge in [-0.25, -0.2) is 0 Å². The molecule has 1 aromatic rings. The lowest BCUT2D eigenvalue weighted by Gasteiger charge is -2.45. The van der Waals surface area contributed by atoms with Crippen molar-refractivity contribution < 1.29 is 0 Å². The Kier molecular flexibility index (Phi) is 2.75. The first kappa shape index (κ1) is 10.2. The van der Waals surface area contributed by atoms with Crippen LogP contribution in [0, 0.1) is 17.2 Å². The Hall–Kier alpha value is -1.33. The van der Waals surface area contributed by atoms with Gasteiger partial charge in [-0.2, -0.15) is 5.26 Å². The molecular formula is C13H16N2. The summed E-state index contributed by atoms with van der Waals surface area (Å²) in [5, 5.41) is 8.80. The van der Waals surface area contributed by atoms with Gasteiger partial charge in [0.1, 0.15) is 0 Å². The van der Waals surface area contributed by atoms with Crippen LogP contribution in [0.25, 0.3) is 0 Å². The average molecular weight is 200 g/mol. The maximum atomic E-state index is 8.80. The molecule has 1 aliphatic rings. The van der Waals surface area contributed by atoms with Crippen LogP contribution in [0.15, 0.2) is 24.3 Å². The maximum Gasteiger partial charge on any atom is 0.0991 e. The quantitative estimate of drug-likeness (QED) is 0.733. The lowest BCUT2D eigenvalue weighted by atomic mass is 9.91. The molecule has 2 unspecified atom stereocenters. The van der Waals surface area contributed by atoms with E-state index in [2.05, 4.69) is 30.9 Å². The van der Waals surface area contributed by atoms with Crippen LogP contribution in [0.4, 0.5) is 0 Å². The molecule has 0 bridgehead atoms. The molecule has 0 N–H and O–H groups in total. The summed E-state index contributed by atoms with van der Waals surface area (Å²) in [5.74, 6) is 0.809.